The highest BCUT2D eigenvalue weighted by molar-refractivity contribution is 14.0. The van der Waals surface area contributed by atoms with Crippen LogP contribution in [0.4, 0.5) is 4.39 Å². The Balaban J connectivity index is 0.00000312. The lowest BCUT2D eigenvalue weighted by atomic mass is 9.97. The molecular weight excluding hydrogens is 504 g/mol. The van der Waals surface area contributed by atoms with Crippen molar-refractivity contribution in [3.05, 3.63) is 34.1 Å². The van der Waals surface area contributed by atoms with Gasteiger partial charge in [0.2, 0.25) is 0 Å². The molecule has 140 valence electrons. The van der Waals surface area contributed by atoms with E-state index in [0.717, 1.165) is 44.0 Å². The second-order valence-electron chi connectivity index (χ2n) is 5.73. The van der Waals surface area contributed by atoms with E-state index < -0.39 is 0 Å². The SMILES string of the molecule is CCNC(=NCc1cc(F)cc(Br)c1)N1CCC(C(=O)OC)CC1.I. The number of ether oxygens (including phenoxy) is 1. The lowest BCUT2D eigenvalue weighted by Gasteiger charge is -2.33. The van der Waals surface area contributed by atoms with Gasteiger partial charge < -0.3 is 15.0 Å². The van der Waals surface area contributed by atoms with E-state index >= 15 is 0 Å². The molecule has 0 bridgehead atoms. The molecule has 0 radical (unpaired) electrons. The number of methoxy groups -OCH3 is 1. The van der Waals surface area contributed by atoms with Gasteiger partial charge in [-0.2, -0.15) is 0 Å². The number of aliphatic imine (C=N–C) groups is 1. The summed E-state index contributed by atoms with van der Waals surface area (Å²) < 4.78 is 19.0. The van der Waals surface area contributed by atoms with Crippen LogP contribution >= 0.6 is 39.9 Å². The Morgan fingerprint density at radius 1 is 1.40 bits per heavy atom. The van der Waals surface area contributed by atoms with Gasteiger partial charge in [-0.1, -0.05) is 15.9 Å². The normalized spacial score (nSPS) is 15.5. The molecule has 5 nitrogen and oxygen atoms in total. The molecule has 1 aromatic carbocycles. The number of piperidine rings is 1. The van der Waals surface area contributed by atoms with Crippen LogP contribution in [-0.4, -0.2) is 43.6 Å². The molecule has 25 heavy (non-hydrogen) atoms. The van der Waals surface area contributed by atoms with Crippen LogP contribution in [0.1, 0.15) is 25.3 Å². The summed E-state index contributed by atoms with van der Waals surface area (Å²) in [6.45, 7) is 4.66. The zero-order chi connectivity index (χ0) is 17.5. The number of hydrogen-bond acceptors (Lipinski definition) is 3. The zero-order valence-corrected chi connectivity index (χ0v) is 18.3. The number of hydrogen-bond donors (Lipinski definition) is 1. The topological polar surface area (TPSA) is 53.9 Å². The second kappa shape index (κ2) is 10.9. The van der Waals surface area contributed by atoms with E-state index in [9.17, 15) is 9.18 Å². The number of rotatable bonds is 4. The van der Waals surface area contributed by atoms with Crippen molar-refractivity contribution in [3.8, 4) is 0 Å². The molecule has 1 fully saturated rings. The molecule has 8 heteroatoms. The smallest absolute Gasteiger partial charge is 0.308 e. The molecule has 0 unspecified atom stereocenters. The standard InChI is InChI=1S/C17H23BrFN3O2.HI/c1-3-20-17(21-11-12-8-14(18)10-15(19)9-12)22-6-4-13(5-7-22)16(23)24-2;/h8-10,13H,3-7,11H2,1-2H3,(H,20,21);1H. The molecule has 1 aliphatic heterocycles. The minimum atomic E-state index is -0.279. The Morgan fingerprint density at radius 3 is 2.64 bits per heavy atom. The van der Waals surface area contributed by atoms with E-state index in [4.69, 9.17) is 4.74 Å². The molecule has 0 aromatic heterocycles. The summed E-state index contributed by atoms with van der Waals surface area (Å²) >= 11 is 3.30. The second-order valence-corrected chi connectivity index (χ2v) is 6.65. The molecular formula is C17H24BrFIN3O2. The molecule has 0 aliphatic carbocycles. The van der Waals surface area contributed by atoms with Crippen LogP contribution < -0.4 is 5.32 Å². The van der Waals surface area contributed by atoms with E-state index in [1.807, 2.05) is 13.0 Å². The van der Waals surface area contributed by atoms with Gasteiger partial charge in [-0.15, -0.1) is 24.0 Å². The number of nitrogens with zero attached hydrogens (tertiary/aromatic N) is 2. The average molecular weight is 528 g/mol. The number of likely N-dealkylation sites (tertiary alicyclic amines) is 1. The molecule has 1 aliphatic rings. The molecule has 1 aromatic rings. The van der Waals surface area contributed by atoms with Crippen molar-refractivity contribution in [2.45, 2.75) is 26.3 Å². The number of halogens is 3. The fraction of sp³-hybridized carbons (Fsp3) is 0.529. The summed E-state index contributed by atoms with van der Waals surface area (Å²) in [5.41, 5.74) is 0.807. The van der Waals surface area contributed by atoms with E-state index in [-0.39, 0.29) is 41.7 Å². The Morgan fingerprint density at radius 2 is 2.08 bits per heavy atom. The van der Waals surface area contributed by atoms with Crippen LogP contribution in [0, 0.1) is 11.7 Å². The van der Waals surface area contributed by atoms with E-state index in [2.05, 4.69) is 31.1 Å². The van der Waals surface area contributed by atoms with Crippen molar-refractivity contribution in [2.75, 3.05) is 26.7 Å². The van der Waals surface area contributed by atoms with Crippen molar-refractivity contribution in [3.63, 3.8) is 0 Å². The number of guanidine groups is 1. The fourth-order valence-electron chi connectivity index (χ4n) is 2.79. The first-order valence-electron chi connectivity index (χ1n) is 8.09. The maximum atomic E-state index is 13.5. The summed E-state index contributed by atoms with van der Waals surface area (Å²) in [5, 5.41) is 3.26. The van der Waals surface area contributed by atoms with Gasteiger partial charge in [0.1, 0.15) is 5.82 Å². The van der Waals surface area contributed by atoms with Crippen molar-refractivity contribution in [1.82, 2.24) is 10.2 Å². The maximum Gasteiger partial charge on any atom is 0.308 e. The minimum absolute atomic E-state index is 0. The monoisotopic (exact) mass is 527 g/mol. The average Bonchev–Trinajstić information content (AvgIpc) is 2.57. The van der Waals surface area contributed by atoms with Crippen molar-refractivity contribution in [2.24, 2.45) is 10.9 Å². The van der Waals surface area contributed by atoms with Gasteiger partial charge in [0.25, 0.3) is 0 Å². The van der Waals surface area contributed by atoms with Crippen molar-refractivity contribution < 1.29 is 13.9 Å². The van der Waals surface area contributed by atoms with Crippen molar-refractivity contribution >= 4 is 51.8 Å². The largest absolute Gasteiger partial charge is 0.469 e. The molecule has 1 heterocycles. The fourth-order valence-corrected chi connectivity index (χ4v) is 3.30. The minimum Gasteiger partial charge on any atom is -0.469 e. The van der Waals surface area contributed by atoms with Gasteiger partial charge in [-0.25, -0.2) is 9.38 Å². The lowest BCUT2D eigenvalue weighted by Crippen LogP contribution is -2.46. The third-order valence-electron chi connectivity index (χ3n) is 4.00. The van der Waals surface area contributed by atoms with Gasteiger partial charge in [0.15, 0.2) is 5.96 Å². The Bertz CT molecular complexity index is 587. The Hall–Kier alpha value is -0.900. The molecule has 0 saturated carbocycles. The highest BCUT2D eigenvalue weighted by atomic mass is 127. The number of benzene rings is 1. The van der Waals surface area contributed by atoms with E-state index in [1.54, 1.807) is 0 Å². The van der Waals surface area contributed by atoms with Gasteiger partial charge in [-0.3, -0.25) is 4.79 Å². The summed E-state index contributed by atoms with van der Waals surface area (Å²) in [7, 11) is 1.43. The number of esters is 1. The number of carbonyl (C=O) groups excluding carboxylic acids is 1. The summed E-state index contributed by atoms with van der Waals surface area (Å²) in [4.78, 5) is 18.4. The van der Waals surface area contributed by atoms with Gasteiger partial charge in [0, 0.05) is 24.1 Å². The molecule has 0 spiro atoms. The number of nitrogens with one attached hydrogen (secondary N) is 1. The van der Waals surface area contributed by atoms with Crippen LogP contribution in [0.3, 0.4) is 0 Å². The van der Waals surface area contributed by atoms with Crippen LogP contribution in [0.2, 0.25) is 0 Å². The summed E-state index contributed by atoms with van der Waals surface area (Å²) in [6, 6.07) is 4.77. The van der Waals surface area contributed by atoms with Gasteiger partial charge in [-0.05, 0) is 43.5 Å². The third kappa shape index (κ3) is 6.73. The maximum absolute atomic E-state index is 13.5. The van der Waals surface area contributed by atoms with E-state index in [0.29, 0.717) is 11.0 Å². The van der Waals surface area contributed by atoms with Crippen LogP contribution in [0.15, 0.2) is 27.7 Å². The van der Waals surface area contributed by atoms with Gasteiger partial charge >= 0.3 is 5.97 Å². The van der Waals surface area contributed by atoms with Gasteiger partial charge in [0.05, 0.1) is 19.6 Å². The highest BCUT2D eigenvalue weighted by Gasteiger charge is 2.26. The molecule has 1 saturated heterocycles. The predicted molar refractivity (Wildman–Crippen MR) is 111 cm³/mol. The van der Waals surface area contributed by atoms with Crippen molar-refractivity contribution in [1.29, 1.82) is 0 Å². The molecule has 0 atom stereocenters. The first-order chi connectivity index (χ1) is 11.5. The van der Waals surface area contributed by atoms with Crippen LogP contribution in [0.5, 0.6) is 0 Å². The Kier molecular flexibility index (Phi) is 9.70. The molecule has 2 rings (SSSR count). The third-order valence-corrected chi connectivity index (χ3v) is 4.46. The molecule has 1 N–H and O–H groups in total. The first-order valence-corrected chi connectivity index (χ1v) is 8.88. The Labute approximate surface area is 173 Å². The van der Waals surface area contributed by atoms with E-state index in [1.165, 1.54) is 19.2 Å². The lowest BCUT2D eigenvalue weighted by molar-refractivity contribution is -0.146. The first kappa shape index (κ1) is 22.1. The summed E-state index contributed by atoms with van der Waals surface area (Å²) in [5.74, 6) is 0.342. The number of carbonyl (C=O) groups is 1. The molecule has 0 amide bonds. The van der Waals surface area contributed by atoms with Crippen LogP contribution in [-0.2, 0) is 16.1 Å². The van der Waals surface area contributed by atoms with Crippen LogP contribution in [0.25, 0.3) is 0 Å². The predicted octanol–water partition coefficient (Wildman–Crippen LogP) is 3.56. The quantitative estimate of drug-likeness (QED) is 0.281. The summed E-state index contributed by atoms with van der Waals surface area (Å²) in [6.07, 6.45) is 1.51. The zero-order valence-electron chi connectivity index (χ0n) is 14.4. The highest BCUT2D eigenvalue weighted by Crippen LogP contribution is 2.19.